The Morgan fingerprint density at radius 1 is 1.29 bits per heavy atom. The zero-order valence-corrected chi connectivity index (χ0v) is 13.4. The predicted octanol–water partition coefficient (Wildman–Crippen LogP) is 3.95. The molecule has 0 saturated carbocycles. The number of benzene rings is 1. The molecule has 1 heterocycles. The molecule has 0 saturated heterocycles. The van der Waals surface area contributed by atoms with E-state index in [1.807, 2.05) is 0 Å². The minimum absolute atomic E-state index is 0.102. The lowest BCUT2D eigenvalue weighted by atomic mass is 10.2. The topological polar surface area (TPSA) is 77.3 Å². The van der Waals surface area contributed by atoms with Crippen LogP contribution in [-0.4, -0.2) is 20.7 Å². The normalized spacial score (nSPS) is 12.1. The SMILES string of the molecule is O=C(CS(=O)c1ccc([N+](=O)[O-])cc1)c1cc(Cl)sc1Cl. The van der Waals surface area contributed by atoms with Gasteiger partial charge >= 0.3 is 0 Å². The van der Waals surface area contributed by atoms with Crippen molar-refractivity contribution in [2.45, 2.75) is 4.90 Å². The van der Waals surface area contributed by atoms with Gasteiger partial charge in [0.25, 0.3) is 5.69 Å². The second-order valence-corrected chi connectivity index (χ2v) is 7.64. The number of nitrogens with zero attached hydrogens (tertiary/aromatic N) is 1. The van der Waals surface area contributed by atoms with Crippen LogP contribution in [0.15, 0.2) is 35.2 Å². The van der Waals surface area contributed by atoms with Crippen LogP contribution in [0.4, 0.5) is 5.69 Å². The number of carbonyl (C=O) groups is 1. The molecular formula is C12H7Cl2NO4S2. The molecule has 1 unspecified atom stereocenters. The molecule has 0 radical (unpaired) electrons. The van der Waals surface area contributed by atoms with Gasteiger partial charge in [-0.1, -0.05) is 23.2 Å². The van der Waals surface area contributed by atoms with E-state index in [-0.39, 0.29) is 27.1 Å². The van der Waals surface area contributed by atoms with Crippen molar-refractivity contribution in [3.8, 4) is 0 Å². The molecule has 21 heavy (non-hydrogen) atoms. The molecule has 110 valence electrons. The van der Waals surface area contributed by atoms with Gasteiger partial charge in [-0.25, -0.2) is 0 Å². The van der Waals surface area contributed by atoms with Crippen LogP contribution >= 0.6 is 34.5 Å². The van der Waals surface area contributed by atoms with Gasteiger partial charge in [0.2, 0.25) is 0 Å². The van der Waals surface area contributed by atoms with Gasteiger partial charge < -0.3 is 0 Å². The summed E-state index contributed by atoms with van der Waals surface area (Å²) >= 11 is 12.7. The maximum absolute atomic E-state index is 12.1. The average molecular weight is 364 g/mol. The number of nitro groups is 1. The first kappa shape index (κ1) is 16.1. The van der Waals surface area contributed by atoms with Gasteiger partial charge in [-0.3, -0.25) is 19.1 Å². The van der Waals surface area contributed by atoms with E-state index >= 15 is 0 Å². The van der Waals surface area contributed by atoms with Gasteiger partial charge in [0.05, 0.1) is 25.8 Å². The lowest BCUT2D eigenvalue weighted by Crippen LogP contribution is -2.10. The van der Waals surface area contributed by atoms with Crippen LogP contribution in [0.2, 0.25) is 8.67 Å². The van der Waals surface area contributed by atoms with E-state index in [4.69, 9.17) is 23.2 Å². The lowest BCUT2D eigenvalue weighted by Gasteiger charge is -2.01. The van der Waals surface area contributed by atoms with E-state index in [2.05, 4.69) is 0 Å². The number of rotatable bonds is 5. The summed E-state index contributed by atoms with van der Waals surface area (Å²) in [6.07, 6.45) is 0. The van der Waals surface area contributed by atoms with Crippen molar-refractivity contribution in [1.82, 2.24) is 0 Å². The molecule has 1 aromatic carbocycles. The molecule has 0 amide bonds. The summed E-state index contributed by atoms with van der Waals surface area (Å²) in [6, 6.07) is 6.65. The number of halogens is 2. The van der Waals surface area contributed by atoms with Crippen LogP contribution < -0.4 is 0 Å². The van der Waals surface area contributed by atoms with E-state index in [1.165, 1.54) is 30.3 Å². The number of thiophene rings is 1. The Morgan fingerprint density at radius 2 is 1.90 bits per heavy atom. The molecular weight excluding hydrogens is 357 g/mol. The monoisotopic (exact) mass is 363 g/mol. The maximum atomic E-state index is 12.1. The Balaban J connectivity index is 2.12. The third-order valence-electron chi connectivity index (χ3n) is 2.53. The van der Waals surface area contributed by atoms with Crippen molar-refractivity contribution in [2.24, 2.45) is 0 Å². The van der Waals surface area contributed by atoms with E-state index in [9.17, 15) is 19.1 Å². The molecule has 0 N–H and O–H groups in total. The van der Waals surface area contributed by atoms with Crippen molar-refractivity contribution < 1.29 is 13.9 Å². The molecule has 2 rings (SSSR count). The summed E-state index contributed by atoms with van der Waals surface area (Å²) < 4.78 is 12.7. The Hall–Kier alpha value is -1.28. The molecule has 0 spiro atoms. The molecule has 1 atom stereocenters. The van der Waals surface area contributed by atoms with Crippen LogP contribution in [0.1, 0.15) is 10.4 Å². The Morgan fingerprint density at radius 3 is 2.38 bits per heavy atom. The van der Waals surface area contributed by atoms with Crippen LogP contribution in [0.3, 0.4) is 0 Å². The molecule has 0 fully saturated rings. The number of ketones is 1. The van der Waals surface area contributed by atoms with Crippen molar-refractivity contribution >= 4 is 56.8 Å². The molecule has 0 bridgehead atoms. The number of nitro benzene ring substituents is 1. The first-order valence-corrected chi connectivity index (χ1v) is 8.38. The third-order valence-corrected chi connectivity index (χ3v) is 5.34. The fourth-order valence-corrected chi connectivity index (χ4v) is 4.03. The minimum atomic E-state index is -1.60. The molecule has 9 heteroatoms. The van der Waals surface area contributed by atoms with Crippen molar-refractivity contribution in [1.29, 1.82) is 0 Å². The summed E-state index contributed by atoms with van der Waals surface area (Å²) in [7, 11) is -1.60. The molecule has 0 aliphatic heterocycles. The number of non-ortho nitro benzene ring substituents is 1. The first-order chi connectivity index (χ1) is 9.88. The number of hydrogen-bond donors (Lipinski definition) is 0. The highest BCUT2D eigenvalue weighted by molar-refractivity contribution is 7.85. The van der Waals surface area contributed by atoms with E-state index in [0.29, 0.717) is 9.23 Å². The second-order valence-electron chi connectivity index (χ2n) is 3.90. The number of hydrogen-bond acceptors (Lipinski definition) is 5. The summed E-state index contributed by atoms with van der Waals surface area (Å²) in [5.41, 5.74) is 0.136. The largest absolute Gasteiger partial charge is 0.293 e. The highest BCUT2D eigenvalue weighted by Gasteiger charge is 2.18. The minimum Gasteiger partial charge on any atom is -0.293 e. The van der Waals surface area contributed by atoms with Crippen LogP contribution in [0.25, 0.3) is 0 Å². The fourth-order valence-electron chi connectivity index (χ4n) is 1.53. The van der Waals surface area contributed by atoms with Crippen LogP contribution in [0.5, 0.6) is 0 Å². The number of Topliss-reactive ketones (excluding diaryl/α,β-unsaturated/α-hetero) is 1. The molecule has 5 nitrogen and oxygen atoms in total. The quantitative estimate of drug-likeness (QED) is 0.457. The summed E-state index contributed by atoms with van der Waals surface area (Å²) in [5, 5.41) is 10.5. The zero-order valence-electron chi connectivity index (χ0n) is 10.2. The van der Waals surface area contributed by atoms with Gasteiger partial charge in [0.15, 0.2) is 5.78 Å². The van der Waals surface area contributed by atoms with Gasteiger partial charge in [-0.2, -0.15) is 0 Å². The van der Waals surface area contributed by atoms with Gasteiger partial charge in [-0.05, 0) is 18.2 Å². The Kier molecular flexibility index (Phi) is 5.10. The number of carbonyl (C=O) groups excluding carboxylic acids is 1. The van der Waals surface area contributed by atoms with Crippen LogP contribution in [0, 0.1) is 10.1 Å². The maximum Gasteiger partial charge on any atom is 0.269 e. The van der Waals surface area contributed by atoms with E-state index in [1.54, 1.807) is 0 Å². The Labute approximate surface area is 136 Å². The van der Waals surface area contributed by atoms with Gasteiger partial charge in [0.1, 0.15) is 4.34 Å². The van der Waals surface area contributed by atoms with Gasteiger partial charge in [-0.15, -0.1) is 11.3 Å². The first-order valence-electron chi connectivity index (χ1n) is 5.49. The van der Waals surface area contributed by atoms with Gasteiger partial charge in [0, 0.05) is 22.6 Å². The molecule has 0 aliphatic rings. The van der Waals surface area contributed by atoms with E-state index < -0.39 is 15.7 Å². The smallest absolute Gasteiger partial charge is 0.269 e. The predicted molar refractivity (Wildman–Crippen MR) is 83.0 cm³/mol. The fraction of sp³-hybridized carbons (Fsp3) is 0.0833. The van der Waals surface area contributed by atoms with Crippen LogP contribution in [-0.2, 0) is 10.8 Å². The molecule has 1 aromatic heterocycles. The summed E-state index contributed by atoms with van der Waals surface area (Å²) in [6.45, 7) is 0. The summed E-state index contributed by atoms with van der Waals surface area (Å²) in [5.74, 6) is -0.648. The summed E-state index contributed by atoms with van der Waals surface area (Å²) in [4.78, 5) is 22.3. The lowest BCUT2D eigenvalue weighted by molar-refractivity contribution is -0.384. The highest BCUT2D eigenvalue weighted by atomic mass is 35.5. The third kappa shape index (κ3) is 3.88. The van der Waals surface area contributed by atoms with E-state index in [0.717, 1.165) is 11.3 Å². The Bertz CT molecular complexity index is 727. The molecule has 0 aliphatic carbocycles. The van der Waals surface area contributed by atoms with Crippen molar-refractivity contribution in [3.05, 3.63) is 54.7 Å². The molecule has 2 aromatic rings. The van der Waals surface area contributed by atoms with Crippen molar-refractivity contribution in [3.63, 3.8) is 0 Å². The average Bonchev–Trinajstić information content (AvgIpc) is 2.77. The second kappa shape index (κ2) is 6.65. The zero-order chi connectivity index (χ0) is 15.6. The highest BCUT2D eigenvalue weighted by Crippen LogP contribution is 2.31. The van der Waals surface area contributed by atoms with Crippen molar-refractivity contribution in [2.75, 3.05) is 5.75 Å². The standard InChI is InChI=1S/C12H7Cl2NO4S2/c13-11-5-9(12(14)20-11)10(16)6-21(19)8-3-1-7(2-4-8)15(17)18/h1-5H,6H2.